The summed E-state index contributed by atoms with van der Waals surface area (Å²) in [4.78, 5) is 20.8. The van der Waals surface area contributed by atoms with Gasteiger partial charge in [0.15, 0.2) is 21.8 Å². The van der Waals surface area contributed by atoms with E-state index in [1.165, 1.54) is 30.5 Å². The Bertz CT molecular complexity index is 1430. The maximum Gasteiger partial charge on any atom is 0.493 e. The summed E-state index contributed by atoms with van der Waals surface area (Å²) >= 11 is 0. The Labute approximate surface area is 217 Å². The van der Waals surface area contributed by atoms with E-state index in [0.717, 1.165) is 11.3 Å². The van der Waals surface area contributed by atoms with Crippen LogP contribution in [0.5, 0.6) is 11.5 Å². The fourth-order valence-corrected chi connectivity index (χ4v) is 4.28. The van der Waals surface area contributed by atoms with Crippen molar-refractivity contribution in [3.05, 3.63) is 71.9 Å². The third kappa shape index (κ3) is 6.10. The normalized spacial score (nSPS) is 15.1. The van der Waals surface area contributed by atoms with Crippen LogP contribution < -0.4 is 19.9 Å². The second-order valence-electron chi connectivity index (χ2n) is 8.69. The highest BCUT2D eigenvalue weighted by atomic mass is 32.2. The van der Waals surface area contributed by atoms with Gasteiger partial charge in [0.25, 0.3) is 0 Å². The highest BCUT2D eigenvalue weighted by Crippen LogP contribution is 2.44. The van der Waals surface area contributed by atoms with Gasteiger partial charge < -0.3 is 19.6 Å². The van der Waals surface area contributed by atoms with Crippen LogP contribution >= 0.6 is 0 Å². The lowest BCUT2D eigenvalue weighted by Gasteiger charge is -2.27. The van der Waals surface area contributed by atoms with Crippen molar-refractivity contribution in [1.82, 2.24) is 4.98 Å². The highest BCUT2D eigenvalue weighted by Gasteiger charge is 2.46. The van der Waals surface area contributed by atoms with Gasteiger partial charge in [0.2, 0.25) is 0 Å². The Kier molecular flexibility index (Phi) is 7.40. The third-order valence-corrected chi connectivity index (χ3v) is 6.47. The fourth-order valence-electron chi connectivity index (χ4n) is 3.65. The molecule has 0 saturated carbocycles. The molecular weight excluding hydrogens is 527 g/mol. The molecule has 2 aromatic carbocycles. The standard InChI is InChI=1S/C25H24F3N3O6S/c1-15(2)36-21-11-8-17(35-14-16-6-9-18(10-7-16)38(3,33)34)13-19(21)23-30-22-20(5-4-12-29-22)31(23)37-24(32)25(26,27)28/h4-13,15,23H,14H2,1-3H3,(H,29,30). The lowest BCUT2D eigenvalue weighted by molar-refractivity contribution is -0.201. The molecule has 38 heavy (non-hydrogen) atoms. The smallest absolute Gasteiger partial charge is 0.491 e. The molecule has 2 heterocycles. The van der Waals surface area contributed by atoms with Crippen LogP contribution in [0, 0.1) is 0 Å². The third-order valence-electron chi connectivity index (χ3n) is 5.34. The number of sulfone groups is 1. The summed E-state index contributed by atoms with van der Waals surface area (Å²) in [6, 6.07) is 13.9. The largest absolute Gasteiger partial charge is 0.493 e. The van der Waals surface area contributed by atoms with E-state index in [4.69, 9.17) is 14.3 Å². The van der Waals surface area contributed by atoms with Crippen molar-refractivity contribution in [1.29, 1.82) is 0 Å². The molecule has 1 N–H and O–H groups in total. The first-order valence-corrected chi connectivity index (χ1v) is 13.2. The van der Waals surface area contributed by atoms with Crippen LogP contribution in [0.2, 0.25) is 0 Å². The number of halogens is 3. The number of alkyl halides is 3. The van der Waals surface area contributed by atoms with E-state index in [1.54, 1.807) is 44.2 Å². The Morgan fingerprint density at radius 3 is 2.47 bits per heavy atom. The molecule has 3 aromatic rings. The molecule has 0 fully saturated rings. The van der Waals surface area contributed by atoms with Crippen molar-refractivity contribution in [2.24, 2.45) is 0 Å². The predicted molar refractivity (Wildman–Crippen MR) is 131 cm³/mol. The molecule has 202 valence electrons. The van der Waals surface area contributed by atoms with Crippen LogP contribution in [-0.4, -0.2) is 37.9 Å². The maximum absolute atomic E-state index is 13.1. The summed E-state index contributed by atoms with van der Waals surface area (Å²) in [6.07, 6.45) is -4.05. The number of hydrogen-bond donors (Lipinski definition) is 1. The van der Waals surface area contributed by atoms with Gasteiger partial charge >= 0.3 is 12.1 Å². The van der Waals surface area contributed by atoms with Gasteiger partial charge in [-0.2, -0.15) is 18.2 Å². The number of hydrogen-bond acceptors (Lipinski definition) is 9. The quantitative estimate of drug-likeness (QED) is 0.422. The molecule has 1 atom stereocenters. The van der Waals surface area contributed by atoms with E-state index < -0.39 is 28.1 Å². The van der Waals surface area contributed by atoms with Crippen molar-refractivity contribution in [3.63, 3.8) is 0 Å². The SMILES string of the molecule is CC(C)Oc1ccc(OCc2ccc(S(C)(=O)=O)cc2)cc1C1Nc2ncccc2N1OC(=O)C(F)(F)F. The Balaban J connectivity index is 1.65. The van der Waals surface area contributed by atoms with Gasteiger partial charge in [-0.3, -0.25) is 0 Å². The monoisotopic (exact) mass is 551 g/mol. The van der Waals surface area contributed by atoms with E-state index >= 15 is 0 Å². The minimum absolute atomic E-state index is 0.0838. The number of hydroxylamine groups is 1. The zero-order valence-electron chi connectivity index (χ0n) is 20.5. The van der Waals surface area contributed by atoms with Crippen molar-refractivity contribution < 1.29 is 40.7 Å². The molecule has 1 aromatic heterocycles. The first-order valence-electron chi connectivity index (χ1n) is 11.4. The molecule has 1 aliphatic heterocycles. The average Bonchev–Trinajstić information content (AvgIpc) is 3.20. The number of rotatable bonds is 8. The molecule has 0 amide bonds. The number of carbonyl (C=O) groups is 1. The lowest BCUT2D eigenvalue weighted by atomic mass is 10.1. The number of pyridine rings is 1. The molecule has 0 radical (unpaired) electrons. The van der Waals surface area contributed by atoms with Crippen LogP contribution in [0.15, 0.2) is 65.7 Å². The first kappa shape index (κ1) is 27.0. The van der Waals surface area contributed by atoms with Crippen molar-refractivity contribution in [2.45, 2.75) is 43.8 Å². The summed E-state index contributed by atoms with van der Waals surface area (Å²) < 4.78 is 74.3. The first-order chi connectivity index (χ1) is 17.8. The van der Waals surface area contributed by atoms with Gasteiger partial charge in [-0.1, -0.05) is 12.1 Å². The van der Waals surface area contributed by atoms with E-state index in [-0.39, 0.29) is 29.1 Å². The number of nitrogens with one attached hydrogen (secondary N) is 1. The summed E-state index contributed by atoms with van der Waals surface area (Å²) in [5, 5.41) is 3.77. The van der Waals surface area contributed by atoms with Crippen molar-refractivity contribution in [3.8, 4) is 11.5 Å². The lowest BCUT2D eigenvalue weighted by Crippen LogP contribution is -2.37. The van der Waals surface area contributed by atoms with Crippen LogP contribution in [0.3, 0.4) is 0 Å². The molecule has 0 aliphatic carbocycles. The van der Waals surface area contributed by atoms with Gasteiger partial charge in [0, 0.05) is 18.0 Å². The molecular formula is C25H24F3N3O6S. The van der Waals surface area contributed by atoms with E-state index in [0.29, 0.717) is 22.6 Å². The second kappa shape index (κ2) is 10.4. The van der Waals surface area contributed by atoms with Crippen LogP contribution in [0.4, 0.5) is 24.7 Å². The Hall–Kier alpha value is -4.00. The summed E-state index contributed by atoms with van der Waals surface area (Å²) in [5.41, 5.74) is 1.15. The van der Waals surface area contributed by atoms with Crippen LogP contribution in [0.1, 0.15) is 31.1 Å². The van der Waals surface area contributed by atoms with Crippen molar-refractivity contribution in [2.75, 3.05) is 16.6 Å². The summed E-state index contributed by atoms with van der Waals surface area (Å²) in [7, 11) is -3.34. The minimum Gasteiger partial charge on any atom is -0.491 e. The number of carbonyl (C=O) groups excluding carboxylic acids is 1. The van der Waals surface area contributed by atoms with Crippen molar-refractivity contribution >= 4 is 27.3 Å². The zero-order chi connectivity index (χ0) is 27.7. The molecule has 0 saturated heterocycles. The molecule has 0 spiro atoms. The average molecular weight is 552 g/mol. The van der Waals surface area contributed by atoms with Gasteiger partial charge in [-0.25, -0.2) is 18.2 Å². The van der Waals surface area contributed by atoms with Crippen LogP contribution in [0.25, 0.3) is 0 Å². The summed E-state index contributed by atoms with van der Waals surface area (Å²) in [6.45, 7) is 3.66. The number of aromatic nitrogens is 1. The van der Waals surface area contributed by atoms with Gasteiger partial charge in [0.1, 0.15) is 23.8 Å². The van der Waals surface area contributed by atoms with Crippen LogP contribution in [-0.2, 0) is 26.1 Å². The maximum atomic E-state index is 13.1. The predicted octanol–water partition coefficient (Wildman–Crippen LogP) is 4.80. The molecule has 0 bridgehead atoms. The van der Waals surface area contributed by atoms with E-state index in [2.05, 4.69) is 10.3 Å². The Morgan fingerprint density at radius 2 is 1.84 bits per heavy atom. The number of fused-ring (bicyclic) bond motifs is 1. The topological polar surface area (TPSA) is 107 Å². The van der Waals surface area contributed by atoms with Gasteiger partial charge in [-0.05, 0) is 61.9 Å². The highest BCUT2D eigenvalue weighted by molar-refractivity contribution is 7.90. The second-order valence-corrected chi connectivity index (χ2v) is 10.7. The Morgan fingerprint density at radius 1 is 1.13 bits per heavy atom. The van der Waals surface area contributed by atoms with E-state index in [1.807, 2.05) is 0 Å². The molecule has 4 rings (SSSR count). The van der Waals surface area contributed by atoms with Gasteiger partial charge in [0.05, 0.1) is 11.0 Å². The molecule has 13 heteroatoms. The number of ether oxygens (including phenoxy) is 2. The minimum atomic E-state index is -5.22. The van der Waals surface area contributed by atoms with Gasteiger partial charge in [-0.15, -0.1) is 0 Å². The molecule has 1 unspecified atom stereocenters. The fraction of sp³-hybridized carbons (Fsp3) is 0.280. The van der Waals surface area contributed by atoms with E-state index in [9.17, 15) is 26.4 Å². The summed E-state index contributed by atoms with van der Waals surface area (Å²) in [5.74, 6) is -1.52. The number of anilines is 2. The zero-order valence-corrected chi connectivity index (χ0v) is 21.3. The molecule has 9 nitrogen and oxygen atoms in total. The molecule has 1 aliphatic rings. The number of benzene rings is 2. The number of nitrogens with zero attached hydrogens (tertiary/aromatic N) is 2.